The number of ether oxygens (including phenoxy) is 1. The Balaban J connectivity index is 2.17. The van der Waals surface area contributed by atoms with E-state index in [1.807, 2.05) is 32.9 Å². The highest BCUT2D eigenvalue weighted by Crippen LogP contribution is 2.23. The second-order valence-electron chi connectivity index (χ2n) is 8.33. The lowest BCUT2D eigenvalue weighted by Gasteiger charge is -2.31. The average Bonchev–Trinajstić information content (AvgIpc) is 2.83. The van der Waals surface area contributed by atoms with E-state index in [1.54, 1.807) is 41.3 Å². The van der Waals surface area contributed by atoms with Crippen molar-refractivity contribution in [2.45, 2.75) is 52.6 Å². The van der Waals surface area contributed by atoms with Crippen molar-refractivity contribution in [3.8, 4) is 5.75 Å². The summed E-state index contributed by atoms with van der Waals surface area (Å²) in [5.74, 6) is 0.219. The maximum Gasteiger partial charge on any atom is 0.242 e. The zero-order chi connectivity index (χ0) is 26.7. The molecule has 0 aliphatic carbocycles. The number of hydrogen-bond acceptors (Lipinski definition) is 5. The van der Waals surface area contributed by atoms with E-state index in [4.69, 9.17) is 16.3 Å². The van der Waals surface area contributed by atoms with Crippen LogP contribution in [0.25, 0.3) is 0 Å². The van der Waals surface area contributed by atoms with Gasteiger partial charge in [-0.3, -0.25) is 13.9 Å². The van der Waals surface area contributed by atoms with E-state index < -0.39 is 16.1 Å². The third-order valence-corrected chi connectivity index (χ3v) is 7.04. The van der Waals surface area contributed by atoms with Crippen molar-refractivity contribution in [3.05, 3.63) is 59.1 Å². The third kappa shape index (κ3) is 8.71. The van der Waals surface area contributed by atoms with Gasteiger partial charge in [0.25, 0.3) is 0 Å². The van der Waals surface area contributed by atoms with Crippen LogP contribution in [-0.2, 0) is 26.2 Å². The van der Waals surface area contributed by atoms with Crippen LogP contribution in [0.15, 0.2) is 48.5 Å². The fraction of sp³-hybridized carbons (Fsp3) is 0.462. The summed E-state index contributed by atoms with van der Waals surface area (Å²) < 4.78 is 31.7. The third-order valence-electron chi connectivity index (χ3n) is 5.59. The minimum Gasteiger partial charge on any atom is -0.494 e. The molecular weight excluding hydrogens is 502 g/mol. The zero-order valence-corrected chi connectivity index (χ0v) is 22.9. The average molecular weight is 538 g/mol. The fourth-order valence-electron chi connectivity index (χ4n) is 3.88. The maximum absolute atomic E-state index is 13.3. The van der Waals surface area contributed by atoms with Crippen LogP contribution in [0.5, 0.6) is 5.75 Å². The molecule has 8 nitrogen and oxygen atoms in total. The van der Waals surface area contributed by atoms with Crippen LogP contribution in [0.4, 0.5) is 5.69 Å². The zero-order valence-electron chi connectivity index (χ0n) is 21.4. The molecule has 1 N–H and O–H groups in total. The standard InChI is InChI=1S/C26H36ClN3O5S/c1-5-24(26(32)28-6-2)29(19-20-10-12-21(27)13-11-20)25(31)9-8-18-30(36(4,33)34)22-14-16-23(17-15-22)35-7-3/h10-17,24H,5-9,18-19H2,1-4H3,(H,28,32). The van der Waals surface area contributed by atoms with Crippen molar-refractivity contribution in [1.29, 1.82) is 0 Å². The number of carbonyl (C=O) groups is 2. The molecule has 0 heterocycles. The molecule has 198 valence electrons. The van der Waals surface area contributed by atoms with Crippen LogP contribution >= 0.6 is 11.6 Å². The van der Waals surface area contributed by atoms with E-state index in [2.05, 4.69) is 5.32 Å². The number of amides is 2. The molecule has 36 heavy (non-hydrogen) atoms. The van der Waals surface area contributed by atoms with Gasteiger partial charge in [0.1, 0.15) is 11.8 Å². The van der Waals surface area contributed by atoms with Crippen LogP contribution in [0.1, 0.15) is 45.6 Å². The molecule has 2 aromatic carbocycles. The number of carbonyl (C=O) groups excluding carboxylic acids is 2. The lowest BCUT2D eigenvalue weighted by molar-refractivity contribution is -0.141. The molecule has 0 saturated heterocycles. The molecule has 0 spiro atoms. The van der Waals surface area contributed by atoms with Crippen molar-refractivity contribution < 1.29 is 22.7 Å². The molecule has 0 aromatic heterocycles. The van der Waals surface area contributed by atoms with Crippen molar-refractivity contribution in [2.75, 3.05) is 30.3 Å². The van der Waals surface area contributed by atoms with Gasteiger partial charge in [0.15, 0.2) is 0 Å². The Morgan fingerprint density at radius 3 is 2.19 bits per heavy atom. The summed E-state index contributed by atoms with van der Waals surface area (Å²) in [6.07, 6.45) is 1.97. The number of rotatable bonds is 14. The summed E-state index contributed by atoms with van der Waals surface area (Å²) in [5.41, 5.74) is 1.35. The normalized spacial score (nSPS) is 12.0. The highest BCUT2D eigenvalue weighted by Gasteiger charge is 2.28. The molecule has 2 amide bonds. The van der Waals surface area contributed by atoms with Gasteiger partial charge in [-0.25, -0.2) is 8.42 Å². The summed E-state index contributed by atoms with van der Waals surface area (Å²) in [5, 5.41) is 3.39. The van der Waals surface area contributed by atoms with Gasteiger partial charge in [-0.15, -0.1) is 0 Å². The highest BCUT2D eigenvalue weighted by atomic mass is 35.5. The summed E-state index contributed by atoms with van der Waals surface area (Å²) in [6.45, 7) is 6.92. The lowest BCUT2D eigenvalue weighted by atomic mass is 10.1. The number of anilines is 1. The second kappa shape index (κ2) is 14.1. The molecule has 0 aliphatic heterocycles. The molecule has 0 bridgehead atoms. The molecule has 0 aliphatic rings. The Kier molecular flexibility index (Phi) is 11.5. The number of nitrogens with one attached hydrogen (secondary N) is 1. The van der Waals surface area contributed by atoms with Gasteiger partial charge >= 0.3 is 0 Å². The number of sulfonamides is 1. The molecular formula is C26H36ClN3O5S. The topological polar surface area (TPSA) is 96.0 Å². The fourth-order valence-corrected chi connectivity index (χ4v) is 4.97. The van der Waals surface area contributed by atoms with Gasteiger partial charge < -0.3 is 15.0 Å². The van der Waals surface area contributed by atoms with Crippen molar-refractivity contribution in [3.63, 3.8) is 0 Å². The smallest absolute Gasteiger partial charge is 0.242 e. The predicted molar refractivity (Wildman–Crippen MR) is 144 cm³/mol. The van der Waals surface area contributed by atoms with Crippen molar-refractivity contribution in [2.24, 2.45) is 0 Å². The first-order valence-electron chi connectivity index (χ1n) is 12.1. The SMILES string of the molecule is CCNC(=O)C(CC)N(Cc1ccc(Cl)cc1)C(=O)CCCN(c1ccc(OCC)cc1)S(C)(=O)=O. The number of benzene rings is 2. The number of halogens is 1. The number of nitrogens with zero attached hydrogens (tertiary/aromatic N) is 2. The van der Waals surface area contributed by atoms with Crippen LogP contribution in [0.3, 0.4) is 0 Å². The van der Waals surface area contributed by atoms with Crippen LogP contribution in [0.2, 0.25) is 5.02 Å². The van der Waals surface area contributed by atoms with Crippen molar-refractivity contribution >= 4 is 39.1 Å². The molecule has 1 atom stereocenters. The molecule has 0 saturated carbocycles. The van der Waals surface area contributed by atoms with E-state index in [0.29, 0.717) is 42.5 Å². The van der Waals surface area contributed by atoms with E-state index in [9.17, 15) is 18.0 Å². The van der Waals surface area contributed by atoms with E-state index >= 15 is 0 Å². The summed E-state index contributed by atoms with van der Waals surface area (Å²) in [7, 11) is -3.56. The van der Waals surface area contributed by atoms with Gasteiger partial charge in [-0.2, -0.15) is 0 Å². The van der Waals surface area contributed by atoms with Crippen LogP contribution < -0.4 is 14.4 Å². The second-order valence-corrected chi connectivity index (χ2v) is 10.7. The lowest BCUT2D eigenvalue weighted by Crippen LogP contribution is -2.49. The molecule has 10 heteroatoms. The Morgan fingerprint density at radius 1 is 1.03 bits per heavy atom. The minimum atomic E-state index is -3.56. The summed E-state index contributed by atoms with van der Waals surface area (Å²) in [4.78, 5) is 27.6. The van der Waals surface area contributed by atoms with E-state index in [-0.39, 0.29) is 31.3 Å². The molecule has 2 aromatic rings. The summed E-state index contributed by atoms with van der Waals surface area (Å²) in [6, 6.07) is 13.3. The van der Waals surface area contributed by atoms with Crippen LogP contribution in [-0.4, -0.2) is 57.1 Å². The largest absolute Gasteiger partial charge is 0.494 e. The monoisotopic (exact) mass is 537 g/mol. The van der Waals surface area contributed by atoms with Gasteiger partial charge in [-0.1, -0.05) is 30.7 Å². The molecule has 1 unspecified atom stereocenters. The van der Waals surface area contributed by atoms with Gasteiger partial charge in [0, 0.05) is 31.1 Å². The maximum atomic E-state index is 13.3. The Bertz CT molecular complexity index is 1090. The summed E-state index contributed by atoms with van der Waals surface area (Å²) >= 11 is 6.00. The molecule has 2 rings (SSSR count). The van der Waals surface area contributed by atoms with Gasteiger partial charge in [-0.05, 0) is 68.7 Å². The molecule has 0 radical (unpaired) electrons. The van der Waals surface area contributed by atoms with Gasteiger partial charge in [0.2, 0.25) is 21.8 Å². The Morgan fingerprint density at radius 2 is 1.67 bits per heavy atom. The first-order chi connectivity index (χ1) is 17.1. The van der Waals surface area contributed by atoms with Crippen LogP contribution in [0, 0.1) is 0 Å². The quantitative estimate of drug-likeness (QED) is 0.389. The Hall–Kier alpha value is -2.78. The van der Waals surface area contributed by atoms with E-state index in [0.717, 1.165) is 11.8 Å². The number of hydrogen-bond donors (Lipinski definition) is 1. The highest BCUT2D eigenvalue weighted by molar-refractivity contribution is 7.92. The number of likely N-dealkylation sites (N-methyl/N-ethyl adjacent to an activating group) is 1. The first kappa shape index (κ1) is 29.5. The Labute approximate surface area is 219 Å². The van der Waals surface area contributed by atoms with Crippen molar-refractivity contribution in [1.82, 2.24) is 10.2 Å². The molecule has 0 fully saturated rings. The van der Waals surface area contributed by atoms with Gasteiger partial charge in [0.05, 0.1) is 18.6 Å². The van der Waals surface area contributed by atoms with E-state index in [1.165, 1.54) is 4.31 Å². The minimum absolute atomic E-state index is 0.0898. The predicted octanol–water partition coefficient (Wildman–Crippen LogP) is 4.23. The first-order valence-corrected chi connectivity index (χ1v) is 14.3.